The van der Waals surface area contributed by atoms with Gasteiger partial charge in [0.05, 0.1) is 10.6 Å². The van der Waals surface area contributed by atoms with Gasteiger partial charge in [-0.1, -0.05) is 6.92 Å². The minimum Gasteiger partial charge on any atom is -0.396 e. The van der Waals surface area contributed by atoms with E-state index in [2.05, 4.69) is 10.6 Å². The summed E-state index contributed by atoms with van der Waals surface area (Å²) in [5.41, 5.74) is 6.68. The summed E-state index contributed by atoms with van der Waals surface area (Å²) < 4.78 is 5.31. The lowest BCUT2D eigenvalue weighted by atomic mass is 10.3. The molecule has 0 fully saturated rings. The van der Waals surface area contributed by atoms with Gasteiger partial charge in [0.1, 0.15) is 9.88 Å². The van der Waals surface area contributed by atoms with E-state index in [0.717, 1.165) is 42.5 Å². The van der Waals surface area contributed by atoms with Crippen LogP contribution >= 0.6 is 23.1 Å². The SMILES string of the molecule is CCCNC(=O)c1sc(NCCCOCC)c(SC)c1N. The molecule has 0 bridgehead atoms. The van der Waals surface area contributed by atoms with Gasteiger partial charge in [-0.2, -0.15) is 0 Å². The number of amides is 1. The predicted octanol–water partition coefficient (Wildman–Crippen LogP) is 3.03. The number of ether oxygens (including phenoxy) is 1. The van der Waals surface area contributed by atoms with E-state index in [0.29, 0.717) is 17.1 Å². The Morgan fingerprint density at radius 1 is 1.38 bits per heavy atom. The summed E-state index contributed by atoms with van der Waals surface area (Å²) in [6, 6.07) is 0. The minimum atomic E-state index is -0.0861. The van der Waals surface area contributed by atoms with Gasteiger partial charge in [0.15, 0.2) is 0 Å². The summed E-state index contributed by atoms with van der Waals surface area (Å²) in [7, 11) is 0. The Morgan fingerprint density at radius 2 is 2.14 bits per heavy atom. The Morgan fingerprint density at radius 3 is 2.76 bits per heavy atom. The first-order chi connectivity index (χ1) is 10.2. The van der Waals surface area contributed by atoms with Crippen molar-refractivity contribution in [3.05, 3.63) is 4.88 Å². The number of anilines is 2. The molecule has 1 amide bonds. The molecule has 0 saturated heterocycles. The van der Waals surface area contributed by atoms with E-state index in [-0.39, 0.29) is 5.91 Å². The monoisotopic (exact) mass is 331 g/mol. The highest BCUT2D eigenvalue weighted by Crippen LogP contribution is 2.41. The fourth-order valence-electron chi connectivity index (χ4n) is 1.76. The van der Waals surface area contributed by atoms with Gasteiger partial charge >= 0.3 is 0 Å². The Bertz CT molecular complexity index is 450. The molecule has 0 radical (unpaired) electrons. The van der Waals surface area contributed by atoms with Crippen molar-refractivity contribution in [3.63, 3.8) is 0 Å². The lowest BCUT2D eigenvalue weighted by Crippen LogP contribution is -2.23. The molecule has 0 aliphatic rings. The molecule has 0 aliphatic heterocycles. The fourth-order valence-corrected chi connectivity index (χ4v) is 3.73. The van der Waals surface area contributed by atoms with Gasteiger partial charge in [0, 0.05) is 26.3 Å². The lowest BCUT2D eigenvalue weighted by Gasteiger charge is -2.06. The zero-order chi connectivity index (χ0) is 15.7. The number of carbonyl (C=O) groups is 1. The molecule has 0 spiro atoms. The van der Waals surface area contributed by atoms with Crippen LogP contribution in [0.25, 0.3) is 0 Å². The number of hydrogen-bond donors (Lipinski definition) is 3. The number of nitrogens with one attached hydrogen (secondary N) is 2. The van der Waals surface area contributed by atoms with Crippen LogP contribution in [0.5, 0.6) is 0 Å². The zero-order valence-electron chi connectivity index (χ0n) is 13.0. The summed E-state index contributed by atoms with van der Waals surface area (Å²) in [6.07, 6.45) is 3.81. The van der Waals surface area contributed by atoms with E-state index < -0.39 is 0 Å². The van der Waals surface area contributed by atoms with E-state index in [1.165, 1.54) is 11.3 Å². The first-order valence-electron chi connectivity index (χ1n) is 7.21. The van der Waals surface area contributed by atoms with Crippen LogP contribution in [0.4, 0.5) is 10.7 Å². The van der Waals surface area contributed by atoms with Crippen molar-refractivity contribution >= 4 is 39.7 Å². The van der Waals surface area contributed by atoms with Crippen molar-refractivity contribution in [1.29, 1.82) is 0 Å². The average molecular weight is 332 g/mol. The summed E-state index contributed by atoms with van der Waals surface area (Å²) in [6.45, 7) is 6.97. The molecule has 0 aliphatic carbocycles. The number of thioether (sulfide) groups is 1. The van der Waals surface area contributed by atoms with Crippen molar-refractivity contribution in [2.75, 3.05) is 43.6 Å². The third-order valence-electron chi connectivity index (χ3n) is 2.80. The maximum atomic E-state index is 12.1. The normalized spacial score (nSPS) is 10.6. The highest BCUT2D eigenvalue weighted by Gasteiger charge is 2.20. The number of nitrogens with two attached hydrogens (primary N) is 1. The molecular weight excluding hydrogens is 306 g/mol. The van der Waals surface area contributed by atoms with Crippen LogP contribution in [0, 0.1) is 0 Å². The number of hydrogen-bond acceptors (Lipinski definition) is 6. The number of thiophene rings is 1. The third kappa shape index (κ3) is 5.41. The van der Waals surface area contributed by atoms with Gasteiger partial charge in [0.2, 0.25) is 0 Å². The molecule has 0 saturated carbocycles. The van der Waals surface area contributed by atoms with Gasteiger partial charge < -0.3 is 21.1 Å². The number of carbonyl (C=O) groups excluding carboxylic acids is 1. The molecule has 1 heterocycles. The summed E-state index contributed by atoms with van der Waals surface area (Å²) >= 11 is 2.99. The van der Waals surface area contributed by atoms with Crippen LogP contribution in [-0.2, 0) is 4.74 Å². The molecule has 120 valence electrons. The van der Waals surface area contributed by atoms with Gasteiger partial charge in [0.25, 0.3) is 5.91 Å². The highest BCUT2D eigenvalue weighted by molar-refractivity contribution is 7.99. The molecule has 0 unspecified atom stereocenters. The number of nitrogen functional groups attached to an aromatic ring is 1. The van der Waals surface area contributed by atoms with Gasteiger partial charge in [-0.05, 0) is 26.0 Å². The van der Waals surface area contributed by atoms with Crippen molar-refractivity contribution in [1.82, 2.24) is 5.32 Å². The fraction of sp³-hybridized carbons (Fsp3) is 0.643. The molecule has 1 aromatic heterocycles. The van der Waals surface area contributed by atoms with Crippen molar-refractivity contribution in [2.45, 2.75) is 31.6 Å². The number of rotatable bonds is 10. The summed E-state index contributed by atoms with van der Waals surface area (Å²) in [4.78, 5) is 13.6. The topological polar surface area (TPSA) is 76.4 Å². The largest absolute Gasteiger partial charge is 0.396 e. The van der Waals surface area contributed by atoms with Crippen LogP contribution in [0.2, 0.25) is 0 Å². The second-order valence-electron chi connectivity index (χ2n) is 4.44. The van der Waals surface area contributed by atoms with Gasteiger partial charge in [-0.15, -0.1) is 23.1 Å². The third-order valence-corrected chi connectivity index (χ3v) is 4.92. The summed E-state index contributed by atoms with van der Waals surface area (Å²) in [5.74, 6) is -0.0861. The second kappa shape index (κ2) is 9.92. The Labute approximate surface area is 135 Å². The Balaban J connectivity index is 2.68. The first kappa shape index (κ1) is 18.1. The van der Waals surface area contributed by atoms with E-state index in [4.69, 9.17) is 10.5 Å². The van der Waals surface area contributed by atoms with E-state index in [1.807, 2.05) is 20.1 Å². The van der Waals surface area contributed by atoms with E-state index >= 15 is 0 Å². The molecule has 0 atom stereocenters. The molecule has 1 aromatic rings. The molecule has 4 N–H and O–H groups in total. The molecule has 7 heteroatoms. The van der Waals surface area contributed by atoms with Crippen LogP contribution in [-0.4, -0.2) is 38.5 Å². The van der Waals surface area contributed by atoms with Crippen molar-refractivity contribution in [2.24, 2.45) is 0 Å². The highest BCUT2D eigenvalue weighted by atomic mass is 32.2. The average Bonchev–Trinajstić information content (AvgIpc) is 2.80. The standard InChI is InChI=1S/C14H25N3O2S2/c1-4-7-16-13(18)11-10(15)12(20-3)14(21-11)17-8-6-9-19-5-2/h17H,4-9,15H2,1-3H3,(H,16,18). The Hall–Kier alpha value is -0.920. The predicted molar refractivity (Wildman–Crippen MR) is 92.7 cm³/mol. The molecule has 21 heavy (non-hydrogen) atoms. The van der Waals surface area contributed by atoms with E-state index in [1.54, 1.807) is 11.8 Å². The van der Waals surface area contributed by atoms with E-state index in [9.17, 15) is 4.79 Å². The van der Waals surface area contributed by atoms with Crippen molar-refractivity contribution in [3.8, 4) is 0 Å². The maximum Gasteiger partial charge on any atom is 0.263 e. The molecule has 0 aromatic carbocycles. The van der Waals surface area contributed by atoms with Crippen molar-refractivity contribution < 1.29 is 9.53 Å². The first-order valence-corrected chi connectivity index (χ1v) is 9.25. The molecule has 1 rings (SSSR count). The second-order valence-corrected chi connectivity index (χ2v) is 6.28. The maximum absolute atomic E-state index is 12.1. The van der Waals surface area contributed by atoms with Gasteiger partial charge in [-0.25, -0.2) is 0 Å². The molecule has 5 nitrogen and oxygen atoms in total. The lowest BCUT2D eigenvalue weighted by molar-refractivity contribution is 0.0958. The van der Waals surface area contributed by atoms with Crippen LogP contribution in [0.3, 0.4) is 0 Å². The van der Waals surface area contributed by atoms with Crippen LogP contribution in [0.1, 0.15) is 36.4 Å². The zero-order valence-corrected chi connectivity index (χ0v) is 14.6. The van der Waals surface area contributed by atoms with Gasteiger partial charge in [-0.3, -0.25) is 4.79 Å². The van der Waals surface area contributed by atoms with Crippen LogP contribution in [0.15, 0.2) is 4.90 Å². The minimum absolute atomic E-state index is 0.0861. The quantitative estimate of drug-likeness (QED) is 0.454. The molecular formula is C14H25N3O2S2. The van der Waals surface area contributed by atoms with Crippen LogP contribution < -0.4 is 16.4 Å². The summed E-state index contributed by atoms with van der Waals surface area (Å²) in [5, 5.41) is 7.20. The smallest absolute Gasteiger partial charge is 0.263 e. The Kier molecular flexibility index (Phi) is 8.56.